The molecule has 1 N–H and O–H groups in total. The standard InChI is InChI=1S/C18H12FN5O3S/c1-10-16(18(25)26)28-17(21-10)11-6-7-15(13(8-11)24-9-20-22-23-24)27-14-5-3-2-4-12(14)19/h2-9H,1H3,(H,25,26). The predicted octanol–water partition coefficient (Wildman–Crippen LogP) is 3.72. The molecule has 10 heteroatoms. The van der Waals surface area contributed by atoms with Crippen molar-refractivity contribution >= 4 is 17.3 Å². The van der Waals surface area contributed by atoms with Gasteiger partial charge in [0.05, 0.1) is 5.69 Å². The van der Waals surface area contributed by atoms with Crippen LogP contribution in [-0.2, 0) is 0 Å². The molecular weight excluding hydrogens is 385 g/mol. The number of aromatic nitrogens is 5. The van der Waals surface area contributed by atoms with Crippen molar-refractivity contribution in [3.8, 4) is 27.8 Å². The molecule has 0 spiro atoms. The van der Waals surface area contributed by atoms with Crippen molar-refractivity contribution in [3.05, 3.63) is 65.2 Å². The molecular formula is C18H12FN5O3S. The maximum Gasteiger partial charge on any atom is 0.347 e. The highest BCUT2D eigenvalue weighted by Gasteiger charge is 2.18. The van der Waals surface area contributed by atoms with Gasteiger partial charge in [-0.25, -0.2) is 14.2 Å². The minimum absolute atomic E-state index is 0.0582. The highest BCUT2D eigenvalue weighted by atomic mass is 32.1. The van der Waals surface area contributed by atoms with Crippen LogP contribution in [0.1, 0.15) is 15.4 Å². The van der Waals surface area contributed by atoms with E-state index in [1.165, 1.54) is 23.1 Å². The van der Waals surface area contributed by atoms with Gasteiger partial charge in [-0.15, -0.1) is 16.4 Å². The molecule has 0 amide bonds. The van der Waals surface area contributed by atoms with E-state index in [1.807, 2.05) is 0 Å². The fraction of sp³-hybridized carbons (Fsp3) is 0.0556. The fourth-order valence-electron chi connectivity index (χ4n) is 2.55. The fourth-order valence-corrected chi connectivity index (χ4v) is 3.45. The van der Waals surface area contributed by atoms with Gasteiger partial charge in [-0.2, -0.15) is 4.68 Å². The van der Waals surface area contributed by atoms with Crippen molar-refractivity contribution < 1.29 is 19.0 Å². The molecule has 0 radical (unpaired) electrons. The first-order valence-electron chi connectivity index (χ1n) is 8.04. The van der Waals surface area contributed by atoms with Gasteiger partial charge >= 0.3 is 5.97 Å². The van der Waals surface area contributed by atoms with Crippen LogP contribution in [0.4, 0.5) is 4.39 Å². The number of aryl methyl sites for hydroxylation is 1. The molecule has 2 heterocycles. The van der Waals surface area contributed by atoms with Crippen molar-refractivity contribution in [1.82, 2.24) is 25.2 Å². The van der Waals surface area contributed by atoms with Gasteiger partial charge in [0.15, 0.2) is 17.3 Å². The van der Waals surface area contributed by atoms with Gasteiger partial charge in [-0.3, -0.25) is 0 Å². The van der Waals surface area contributed by atoms with Crippen LogP contribution in [0.3, 0.4) is 0 Å². The van der Waals surface area contributed by atoms with Crippen LogP contribution in [0.25, 0.3) is 16.3 Å². The van der Waals surface area contributed by atoms with E-state index in [2.05, 4.69) is 20.5 Å². The normalized spacial score (nSPS) is 10.8. The Kier molecular flexibility index (Phi) is 4.53. The number of carboxylic acids is 1. The van der Waals surface area contributed by atoms with Crippen molar-refractivity contribution in [2.24, 2.45) is 0 Å². The lowest BCUT2D eigenvalue weighted by molar-refractivity contribution is 0.0701. The molecule has 0 atom stereocenters. The Balaban J connectivity index is 1.80. The minimum Gasteiger partial charge on any atom is -0.477 e. The molecule has 0 saturated heterocycles. The molecule has 0 bridgehead atoms. The lowest BCUT2D eigenvalue weighted by atomic mass is 10.2. The van der Waals surface area contributed by atoms with Crippen LogP contribution < -0.4 is 4.74 Å². The Morgan fingerprint density at radius 3 is 2.71 bits per heavy atom. The lowest BCUT2D eigenvalue weighted by Gasteiger charge is -2.12. The van der Waals surface area contributed by atoms with E-state index in [9.17, 15) is 14.3 Å². The summed E-state index contributed by atoms with van der Waals surface area (Å²) in [6.45, 7) is 1.64. The molecule has 2 aromatic heterocycles. The second-order valence-electron chi connectivity index (χ2n) is 5.71. The van der Waals surface area contributed by atoms with Crippen LogP contribution in [-0.4, -0.2) is 36.3 Å². The topological polar surface area (TPSA) is 103 Å². The van der Waals surface area contributed by atoms with Crippen LogP contribution >= 0.6 is 11.3 Å². The first-order chi connectivity index (χ1) is 13.5. The average Bonchev–Trinajstić information content (AvgIpc) is 3.34. The van der Waals surface area contributed by atoms with Gasteiger partial charge in [-0.05, 0) is 47.7 Å². The summed E-state index contributed by atoms with van der Waals surface area (Å²) in [6.07, 6.45) is 1.38. The number of benzene rings is 2. The molecule has 0 aliphatic rings. The Bertz CT molecular complexity index is 1160. The van der Waals surface area contributed by atoms with Crippen molar-refractivity contribution in [1.29, 1.82) is 0 Å². The summed E-state index contributed by atoms with van der Waals surface area (Å²) >= 11 is 1.07. The summed E-state index contributed by atoms with van der Waals surface area (Å²) in [7, 11) is 0. The Hall–Kier alpha value is -3.66. The van der Waals surface area contributed by atoms with Gasteiger partial charge in [0, 0.05) is 5.56 Å². The van der Waals surface area contributed by atoms with Crippen molar-refractivity contribution in [3.63, 3.8) is 0 Å². The molecule has 28 heavy (non-hydrogen) atoms. The van der Waals surface area contributed by atoms with E-state index in [4.69, 9.17) is 4.74 Å². The predicted molar refractivity (Wildman–Crippen MR) is 98.4 cm³/mol. The number of rotatable bonds is 5. The zero-order valence-corrected chi connectivity index (χ0v) is 15.2. The van der Waals surface area contributed by atoms with Crippen LogP contribution in [0.2, 0.25) is 0 Å². The number of tetrazole rings is 1. The maximum absolute atomic E-state index is 14.0. The summed E-state index contributed by atoms with van der Waals surface area (Å²) in [4.78, 5) is 15.8. The second-order valence-corrected chi connectivity index (χ2v) is 6.71. The smallest absolute Gasteiger partial charge is 0.347 e. The summed E-state index contributed by atoms with van der Waals surface area (Å²) in [5.74, 6) is -1.15. The highest BCUT2D eigenvalue weighted by molar-refractivity contribution is 7.17. The monoisotopic (exact) mass is 397 g/mol. The van der Waals surface area contributed by atoms with Crippen molar-refractivity contribution in [2.45, 2.75) is 6.92 Å². The number of carboxylic acid groups (broad SMARTS) is 1. The highest BCUT2D eigenvalue weighted by Crippen LogP contribution is 2.35. The van der Waals surface area contributed by atoms with E-state index in [0.717, 1.165) is 11.3 Å². The van der Waals surface area contributed by atoms with Crippen LogP contribution in [0, 0.1) is 12.7 Å². The molecule has 2 aromatic carbocycles. The number of thiazole rings is 1. The third kappa shape index (κ3) is 3.32. The number of ether oxygens (including phenoxy) is 1. The molecule has 4 rings (SSSR count). The molecule has 0 aliphatic carbocycles. The first kappa shape index (κ1) is 17.7. The maximum atomic E-state index is 14.0. The molecule has 8 nitrogen and oxygen atoms in total. The summed E-state index contributed by atoms with van der Waals surface area (Å²) in [5, 5.41) is 20.9. The van der Waals surface area contributed by atoms with E-state index in [0.29, 0.717) is 27.7 Å². The second kappa shape index (κ2) is 7.16. The lowest BCUT2D eigenvalue weighted by Crippen LogP contribution is -2.00. The largest absolute Gasteiger partial charge is 0.477 e. The van der Waals surface area contributed by atoms with Gasteiger partial charge < -0.3 is 9.84 Å². The third-order valence-corrected chi connectivity index (χ3v) is 5.04. The zero-order chi connectivity index (χ0) is 19.7. The summed E-state index contributed by atoms with van der Waals surface area (Å²) in [6, 6.07) is 11.1. The Labute approximate surface area is 161 Å². The van der Waals surface area contributed by atoms with Gasteiger partial charge in [-0.1, -0.05) is 12.1 Å². The average molecular weight is 397 g/mol. The summed E-state index contributed by atoms with van der Waals surface area (Å²) < 4.78 is 21.1. The Morgan fingerprint density at radius 2 is 2.04 bits per heavy atom. The molecule has 0 unspecified atom stereocenters. The van der Waals surface area contributed by atoms with Gasteiger partial charge in [0.2, 0.25) is 0 Å². The van der Waals surface area contributed by atoms with Crippen molar-refractivity contribution in [2.75, 3.05) is 0 Å². The number of aromatic carboxylic acids is 1. The van der Waals surface area contributed by atoms with Crippen LogP contribution in [0.15, 0.2) is 48.8 Å². The van der Waals surface area contributed by atoms with E-state index >= 15 is 0 Å². The number of para-hydroxylation sites is 1. The van der Waals surface area contributed by atoms with Crippen LogP contribution in [0.5, 0.6) is 11.5 Å². The van der Waals surface area contributed by atoms with Gasteiger partial charge in [0.25, 0.3) is 0 Å². The first-order valence-corrected chi connectivity index (χ1v) is 8.85. The number of halogens is 1. The van der Waals surface area contributed by atoms with E-state index < -0.39 is 11.8 Å². The molecule has 4 aromatic rings. The molecule has 0 saturated carbocycles. The number of hydrogen-bond donors (Lipinski definition) is 1. The zero-order valence-electron chi connectivity index (χ0n) is 14.4. The number of nitrogens with zero attached hydrogens (tertiary/aromatic N) is 5. The summed E-state index contributed by atoms with van der Waals surface area (Å²) in [5.41, 5.74) is 1.55. The van der Waals surface area contributed by atoms with E-state index in [-0.39, 0.29) is 10.6 Å². The number of hydrogen-bond acceptors (Lipinski definition) is 7. The molecule has 0 fully saturated rings. The minimum atomic E-state index is -1.03. The third-order valence-electron chi connectivity index (χ3n) is 3.85. The molecule has 0 aliphatic heterocycles. The van der Waals surface area contributed by atoms with Gasteiger partial charge in [0.1, 0.15) is 21.9 Å². The molecule has 140 valence electrons. The quantitative estimate of drug-likeness (QED) is 0.547. The number of carbonyl (C=O) groups is 1. The van der Waals surface area contributed by atoms with E-state index in [1.54, 1.807) is 37.3 Å². The Morgan fingerprint density at radius 1 is 1.21 bits per heavy atom. The SMILES string of the molecule is Cc1nc(-c2ccc(Oc3ccccc3F)c(-n3cnnn3)c2)sc1C(=O)O.